The molecule has 0 saturated carbocycles. The highest BCUT2D eigenvalue weighted by Crippen LogP contribution is 2.09. The Morgan fingerprint density at radius 2 is 2.06 bits per heavy atom. The zero-order valence-electron chi connectivity index (χ0n) is 10.6. The number of rotatable bonds is 6. The van der Waals surface area contributed by atoms with Crippen LogP contribution in [0.5, 0.6) is 0 Å². The molecule has 1 aromatic carbocycles. The third-order valence-corrected chi connectivity index (χ3v) is 2.75. The molecule has 0 bridgehead atoms. The largest absolute Gasteiger partial charge is 0.352 e. The van der Waals surface area contributed by atoms with Crippen molar-refractivity contribution >= 4 is 5.91 Å². The second-order valence-corrected chi connectivity index (χ2v) is 4.28. The molecule has 1 rings (SSSR count). The van der Waals surface area contributed by atoms with Crippen molar-refractivity contribution in [2.24, 2.45) is 0 Å². The summed E-state index contributed by atoms with van der Waals surface area (Å²) in [6.45, 7) is 4.59. The molecule has 0 aliphatic rings. The van der Waals surface area contributed by atoms with E-state index in [1.807, 2.05) is 0 Å². The minimum Gasteiger partial charge on any atom is -0.352 e. The molecule has 0 spiro atoms. The zero-order chi connectivity index (χ0) is 12.7. The van der Waals surface area contributed by atoms with Crippen molar-refractivity contribution in [3.05, 3.63) is 35.1 Å². The summed E-state index contributed by atoms with van der Waals surface area (Å²) in [5, 5.41) is 2.86. The Labute approximate surface area is 102 Å². The van der Waals surface area contributed by atoms with Crippen LogP contribution in [0.4, 0.5) is 4.39 Å². The quantitative estimate of drug-likeness (QED) is 0.754. The zero-order valence-corrected chi connectivity index (χ0v) is 10.6. The van der Waals surface area contributed by atoms with Crippen LogP contribution in [0.15, 0.2) is 18.2 Å². The molecule has 0 unspecified atom stereocenters. The predicted molar refractivity (Wildman–Crippen MR) is 67.6 cm³/mol. The first kappa shape index (κ1) is 13.7. The van der Waals surface area contributed by atoms with Crippen LogP contribution in [0.3, 0.4) is 0 Å². The summed E-state index contributed by atoms with van der Waals surface area (Å²) in [7, 11) is 0. The molecular weight excluding hydrogens is 217 g/mol. The van der Waals surface area contributed by atoms with Crippen LogP contribution in [0.1, 0.15) is 48.5 Å². The molecular formula is C14H20FNO. The van der Waals surface area contributed by atoms with Gasteiger partial charge in [0.15, 0.2) is 0 Å². The number of carbonyl (C=O) groups excluding carboxylic acids is 1. The molecule has 3 heteroatoms. The Morgan fingerprint density at radius 1 is 1.29 bits per heavy atom. The number of aryl methyl sites for hydroxylation is 1. The lowest BCUT2D eigenvalue weighted by atomic mass is 10.1. The van der Waals surface area contributed by atoms with E-state index in [1.165, 1.54) is 31.0 Å². The van der Waals surface area contributed by atoms with Crippen LogP contribution in [0.25, 0.3) is 0 Å². The highest BCUT2D eigenvalue weighted by atomic mass is 19.1. The van der Waals surface area contributed by atoms with Gasteiger partial charge in [0.2, 0.25) is 0 Å². The monoisotopic (exact) mass is 237 g/mol. The van der Waals surface area contributed by atoms with Crippen molar-refractivity contribution in [1.29, 1.82) is 0 Å². The Hall–Kier alpha value is -1.38. The molecule has 0 aliphatic carbocycles. The van der Waals surface area contributed by atoms with Gasteiger partial charge in [-0.3, -0.25) is 4.79 Å². The van der Waals surface area contributed by atoms with E-state index in [9.17, 15) is 9.18 Å². The number of nitrogens with one attached hydrogen (secondary N) is 1. The van der Waals surface area contributed by atoms with Crippen LogP contribution in [-0.2, 0) is 0 Å². The van der Waals surface area contributed by atoms with E-state index in [-0.39, 0.29) is 11.7 Å². The van der Waals surface area contributed by atoms with E-state index in [2.05, 4.69) is 12.2 Å². The Kier molecular flexibility index (Phi) is 5.67. The van der Waals surface area contributed by atoms with E-state index >= 15 is 0 Å². The normalized spacial score (nSPS) is 10.3. The summed E-state index contributed by atoms with van der Waals surface area (Å²) in [4.78, 5) is 11.8. The molecule has 94 valence electrons. The molecule has 2 nitrogen and oxygen atoms in total. The van der Waals surface area contributed by atoms with Gasteiger partial charge in [0.05, 0.1) is 0 Å². The van der Waals surface area contributed by atoms with Gasteiger partial charge in [-0.1, -0.05) is 26.2 Å². The Morgan fingerprint density at radius 3 is 2.71 bits per heavy atom. The molecule has 0 fully saturated rings. The van der Waals surface area contributed by atoms with Crippen molar-refractivity contribution < 1.29 is 9.18 Å². The minimum atomic E-state index is -0.304. The molecule has 0 radical (unpaired) electrons. The molecule has 0 heterocycles. The van der Waals surface area contributed by atoms with Crippen LogP contribution in [-0.4, -0.2) is 12.5 Å². The maximum atomic E-state index is 12.9. The van der Waals surface area contributed by atoms with Gasteiger partial charge in [0, 0.05) is 12.1 Å². The van der Waals surface area contributed by atoms with Crippen molar-refractivity contribution in [2.45, 2.75) is 39.5 Å². The van der Waals surface area contributed by atoms with Crippen molar-refractivity contribution in [3.63, 3.8) is 0 Å². The molecule has 0 atom stereocenters. The van der Waals surface area contributed by atoms with E-state index in [0.29, 0.717) is 17.7 Å². The Bertz CT molecular complexity index is 376. The van der Waals surface area contributed by atoms with Crippen LogP contribution >= 0.6 is 0 Å². The smallest absolute Gasteiger partial charge is 0.251 e. The van der Waals surface area contributed by atoms with Gasteiger partial charge in [-0.05, 0) is 37.1 Å². The number of halogens is 1. The van der Waals surface area contributed by atoms with Crippen molar-refractivity contribution in [1.82, 2.24) is 5.32 Å². The summed E-state index contributed by atoms with van der Waals surface area (Å²) < 4.78 is 12.9. The lowest BCUT2D eigenvalue weighted by Gasteiger charge is -2.07. The van der Waals surface area contributed by atoms with Crippen LogP contribution in [0, 0.1) is 12.7 Å². The molecule has 1 aromatic rings. The van der Waals surface area contributed by atoms with Crippen LogP contribution < -0.4 is 5.32 Å². The number of unbranched alkanes of at least 4 members (excludes halogenated alkanes) is 3. The molecule has 17 heavy (non-hydrogen) atoms. The van der Waals surface area contributed by atoms with E-state index < -0.39 is 0 Å². The summed E-state index contributed by atoms with van der Waals surface area (Å²) in [6.07, 6.45) is 4.52. The third kappa shape index (κ3) is 4.55. The maximum Gasteiger partial charge on any atom is 0.251 e. The average molecular weight is 237 g/mol. The number of hydrogen-bond acceptors (Lipinski definition) is 1. The predicted octanol–water partition coefficient (Wildman–Crippen LogP) is 3.44. The fourth-order valence-electron chi connectivity index (χ4n) is 1.73. The van der Waals surface area contributed by atoms with Gasteiger partial charge in [-0.2, -0.15) is 0 Å². The fourth-order valence-corrected chi connectivity index (χ4v) is 1.73. The summed E-state index contributed by atoms with van der Waals surface area (Å²) in [5.41, 5.74) is 1.23. The Balaban J connectivity index is 2.42. The summed E-state index contributed by atoms with van der Waals surface area (Å²) in [6, 6.07) is 4.23. The summed E-state index contributed by atoms with van der Waals surface area (Å²) in [5.74, 6) is -0.416. The first-order valence-electron chi connectivity index (χ1n) is 6.19. The lowest BCUT2D eigenvalue weighted by Crippen LogP contribution is -2.25. The second kappa shape index (κ2) is 7.05. The van der Waals surface area contributed by atoms with Gasteiger partial charge in [-0.15, -0.1) is 0 Å². The van der Waals surface area contributed by atoms with E-state index in [0.717, 1.165) is 12.8 Å². The molecule has 0 saturated heterocycles. The van der Waals surface area contributed by atoms with E-state index in [4.69, 9.17) is 0 Å². The maximum absolute atomic E-state index is 12.9. The molecule has 0 aliphatic heterocycles. The molecule has 1 amide bonds. The van der Waals surface area contributed by atoms with Crippen LogP contribution in [0.2, 0.25) is 0 Å². The minimum absolute atomic E-state index is 0.112. The standard InChI is InChI=1S/C14H20FNO/c1-3-4-5-6-9-16-14(17)13-8-7-12(15)10-11(13)2/h7-8,10H,3-6,9H2,1-2H3,(H,16,17). The average Bonchev–Trinajstić information content (AvgIpc) is 2.28. The highest BCUT2D eigenvalue weighted by molar-refractivity contribution is 5.95. The SMILES string of the molecule is CCCCCCNC(=O)c1ccc(F)cc1C. The van der Waals surface area contributed by atoms with Gasteiger partial charge < -0.3 is 5.32 Å². The topological polar surface area (TPSA) is 29.1 Å². The summed E-state index contributed by atoms with van der Waals surface area (Å²) >= 11 is 0. The fraction of sp³-hybridized carbons (Fsp3) is 0.500. The number of amides is 1. The second-order valence-electron chi connectivity index (χ2n) is 4.28. The first-order chi connectivity index (χ1) is 8.15. The number of hydrogen-bond donors (Lipinski definition) is 1. The molecule has 1 N–H and O–H groups in total. The van der Waals surface area contributed by atoms with E-state index in [1.54, 1.807) is 6.92 Å². The number of benzene rings is 1. The lowest BCUT2D eigenvalue weighted by molar-refractivity contribution is 0.0952. The van der Waals surface area contributed by atoms with Crippen molar-refractivity contribution in [3.8, 4) is 0 Å². The first-order valence-corrected chi connectivity index (χ1v) is 6.19. The molecule has 0 aromatic heterocycles. The van der Waals surface area contributed by atoms with Gasteiger partial charge in [-0.25, -0.2) is 4.39 Å². The van der Waals surface area contributed by atoms with Gasteiger partial charge in [0.25, 0.3) is 5.91 Å². The number of carbonyl (C=O) groups is 1. The highest BCUT2D eigenvalue weighted by Gasteiger charge is 2.08. The van der Waals surface area contributed by atoms with Gasteiger partial charge >= 0.3 is 0 Å². The van der Waals surface area contributed by atoms with Crippen molar-refractivity contribution in [2.75, 3.05) is 6.54 Å². The third-order valence-electron chi connectivity index (χ3n) is 2.75. The van der Waals surface area contributed by atoms with Gasteiger partial charge in [0.1, 0.15) is 5.82 Å².